The van der Waals surface area contributed by atoms with Gasteiger partial charge in [0.2, 0.25) is 0 Å². The van der Waals surface area contributed by atoms with Crippen molar-refractivity contribution in [2.75, 3.05) is 19.6 Å². The van der Waals surface area contributed by atoms with Gasteiger partial charge in [-0.2, -0.15) is 0 Å². The first-order valence-corrected chi connectivity index (χ1v) is 10.1. The van der Waals surface area contributed by atoms with Crippen LogP contribution >= 0.6 is 0 Å². The largest absolute Gasteiger partial charge is 0.389 e. The predicted molar refractivity (Wildman–Crippen MR) is 110 cm³/mol. The Balaban J connectivity index is 0.00000117. The molecule has 1 heterocycles. The van der Waals surface area contributed by atoms with Gasteiger partial charge < -0.3 is 10.0 Å². The Morgan fingerprint density at radius 1 is 1.27 bits per heavy atom. The average Bonchev–Trinajstić information content (AvgIpc) is 2.68. The van der Waals surface area contributed by atoms with Gasteiger partial charge in [-0.15, -0.1) is 0 Å². The maximum Gasteiger partial charge on any atom is 0.167 e. The second-order valence-electron chi connectivity index (χ2n) is 6.97. The van der Waals surface area contributed by atoms with E-state index in [0.717, 1.165) is 60.8 Å². The Morgan fingerprint density at radius 3 is 2.69 bits per heavy atom. The second-order valence-corrected chi connectivity index (χ2v) is 6.97. The number of carbonyl (C=O) groups excluding carboxylic acids is 1. The van der Waals surface area contributed by atoms with Gasteiger partial charge in [0.15, 0.2) is 5.78 Å². The van der Waals surface area contributed by atoms with E-state index in [1.165, 1.54) is 0 Å². The van der Waals surface area contributed by atoms with Gasteiger partial charge in [0.05, 0.1) is 6.10 Å². The molecule has 0 spiro atoms. The van der Waals surface area contributed by atoms with Crippen molar-refractivity contribution in [2.24, 2.45) is 5.92 Å². The van der Waals surface area contributed by atoms with Crippen molar-refractivity contribution in [3.63, 3.8) is 0 Å². The summed E-state index contributed by atoms with van der Waals surface area (Å²) in [5, 5.41) is 12.2. The summed E-state index contributed by atoms with van der Waals surface area (Å²) >= 11 is 0. The molecule has 0 amide bonds. The van der Waals surface area contributed by atoms with Crippen LogP contribution in [0.2, 0.25) is 0 Å². The van der Waals surface area contributed by atoms with Crippen molar-refractivity contribution in [3.05, 3.63) is 47.5 Å². The van der Waals surface area contributed by atoms with Crippen molar-refractivity contribution in [2.45, 2.75) is 53.1 Å². The molecule has 1 saturated heterocycles. The second kappa shape index (κ2) is 9.84. The minimum atomic E-state index is -0.578. The van der Waals surface area contributed by atoms with Crippen LogP contribution in [-0.2, 0) is 0 Å². The fraction of sp³-hybridized carbons (Fsp3) is 0.522. The third-order valence-electron chi connectivity index (χ3n) is 5.04. The van der Waals surface area contributed by atoms with Gasteiger partial charge in [0.1, 0.15) is 0 Å². The molecule has 3 rings (SSSR count). The fourth-order valence-corrected chi connectivity index (χ4v) is 3.85. The lowest BCUT2D eigenvalue weighted by Crippen LogP contribution is -2.39. The van der Waals surface area contributed by atoms with Crippen LogP contribution < -0.4 is 0 Å². The van der Waals surface area contributed by atoms with Gasteiger partial charge in [-0.05, 0) is 67.7 Å². The van der Waals surface area contributed by atoms with Crippen molar-refractivity contribution >= 4 is 16.6 Å². The number of rotatable bonds is 5. The van der Waals surface area contributed by atoms with Crippen LogP contribution in [0, 0.1) is 5.92 Å². The summed E-state index contributed by atoms with van der Waals surface area (Å²) in [4.78, 5) is 15.5. The number of hydrogen-bond donors (Lipinski definition) is 1. The molecule has 2 aromatic rings. The Morgan fingerprint density at radius 2 is 2.00 bits per heavy atom. The molecule has 2 atom stereocenters. The van der Waals surface area contributed by atoms with Gasteiger partial charge >= 0.3 is 0 Å². The molecule has 1 N–H and O–H groups in total. The zero-order valence-electron chi connectivity index (χ0n) is 16.7. The zero-order chi connectivity index (χ0) is 19.1. The molecule has 2 unspecified atom stereocenters. The molecular formula is C23H33NO2. The molecule has 3 nitrogen and oxygen atoms in total. The van der Waals surface area contributed by atoms with E-state index in [-0.39, 0.29) is 11.7 Å². The topological polar surface area (TPSA) is 40.5 Å². The number of aliphatic hydroxyl groups is 1. The van der Waals surface area contributed by atoms with E-state index in [2.05, 4.69) is 11.8 Å². The first kappa shape index (κ1) is 20.6. The highest BCUT2D eigenvalue weighted by molar-refractivity contribution is 6.02. The van der Waals surface area contributed by atoms with E-state index in [1.807, 2.05) is 50.2 Å². The summed E-state index contributed by atoms with van der Waals surface area (Å²) in [5.74, 6) is 0.303. The molecule has 3 heteroatoms. The third-order valence-corrected chi connectivity index (χ3v) is 5.04. The molecular weight excluding hydrogens is 322 g/mol. The summed E-state index contributed by atoms with van der Waals surface area (Å²) in [6.45, 7) is 11.0. The molecule has 0 radical (unpaired) electrons. The van der Waals surface area contributed by atoms with Crippen LogP contribution in [0.3, 0.4) is 0 Å². The molecule has 142 valence electrons. The zero-order valence-corrected chi connectivity index (χ0v) is 16.7. The first-order chi connectivity index (χ1) is 12.6. The van der Waals surface area contributed by atoms with Gasteiger partial charge in [0.25, 0.3) is 0 Å². The van der Waals surface area contributed by atoms with Crippen molar-refractivity contribution in [1.29, 1.82) is 0 Å². The third kappa shape index (κ3) is 4.72. The summed E-state index contributed by atoms with van der Waals surface area (Å²) in [6, 6.07) is 11.9. The van der Waals surface area contributed by atoms with Gasteiger partial charge in [-0.1, -0.05) is 45.0 Å². The first-order valence-electron chi connectivity index (χ1n) is 10.1. The van der Waals surface area contributed by atoms with Crippen LogP contribution in [0.1, 0.15) is 69.0 Å². The summed E-state index contributed by atoms with van der Waals surface area (Å²) in [6.07, 6.45) is 2.61. The highest BCUT2D eigenvalue weighted by Crippen LogP contribution is 2.29. The molecule has 26 heavy (non-hydrogen) atoms. The molecule has 0 aliphatic carbocycles. The number of piperidine rings is 1. The molecule has 1 aliphatic heterocycles. The monoisotopic (exact) mass is 355 g/mol. The van der Waals surface area contributed by atoms with Crippen molar-refractivity contribution < 1.29 is 9.90 Å². The van der Waals surface area contributed by atoms with E-state index >= 15 is 0 Å². The number of fused-ring (bicyclic) bond motifs is 1. The summed E-state index contributed by atoms with van der Waals surface area (Å²) < 4.78 is 0. The van der Waals surface area contributed by atoms with Crippen LogP contribution in [0.4, 0.5) is 0 Å². The smallest absolute Gasteiger partial charge is 0.167 e. The maximum atomic E-state index is 13.1. The van der Waals surface area contributed by atoms with Crippen LogP contribution in [-0.4, -0.2) is 35.4 Å². The van der Waals surface area contributed by atoms with Crippen LogP contribution in [0.5, 0.6) is 0 Å². The van der Waals surface area contributed by atoms with Crippen molar-refractivity contribution in [3.8, 4) is 0 Å². The fourth-order valence-electron chi connectivity index (χ4n) is 3.85. The lowest BCUT2D eigenvalue weighted by atomic mass is 9.87. The molecule has 1 aliphatic rings. The quantitative estimate of drug-likeness (QED) is 0.747. The number of aliphatic hydroxyl groups excluding tert-OH is 1. The van der Waals surface area contributed by atoms with Gasteiger partial charge in [-0.25, -0.2) is 0 Å². The lowest BCUT2D eigenvalue weighted by molar-refractivity contribution is 0.0820. The number of hydrogen-bond acceptors (Lipinski definition) is 3. The normalized spacial score (nSPS) is 18.9. The average molecular weight is 356 g/mol. The number of carbonyl (C=O) groups is 1. The minimum Gasteiger partial charge on any atom is -0.389 e. The van der Waals surface area contributed by atoms with Crippen LogP contribution in [0.25, 0.3) is 10.8 Å². The van der Waals surface area contributed by atoms with E-state index in [1.54, 1.807) is 6.92 Å². The number of ketones is 1. The standard InChI is InChI=1S/C21H27NO2.C2H6/c1-3-10-22-11-6-8-17(14-22)21(24)18-12-16-7-4-5-9-19(16)20(13-18)15(2)23;1-2/h4-5,7,9,12-13,15,17,23H,3,6,8,10-11,14H2,1-2H3;1-2H3. The van der Waals surface area contributed by atoms with Crippen molar-refractivity contribution in [1.82, 2.24) is 4.90 Å². The molecule has 0 aromatic heterocycles. The lowest BCUT2D eigenvalue weighted by Gasteiger charge is -2.31. The summed E-state index contributed by atoms with van der Waals surface area (Å²) in [7, 11) is 0. The van der Waals surface area contributed by atoms with E-state index in [4.69, 9.17) is 0 Å². The minimum absolute atomic E-state index is 0.0771. The Labute approximate surface area is 158 Å². The number of benzene rings is 2. The van der Waals surface area contributed by atoms with E-state index in [9.17, 15) is 9.90 Å². The highest BCUT2D eigenvalue weighted by Gasteiger charge is 2.27. The SMILES string of the molecule is CC.CCCN1CCCC(C(=O)c2cc(C(C)O)c3ccccc3c2)C1. The van der Waals surface area contributed by atoms with E-state index in [0.29, 0.717) is 0 Å². The molecule has 1 fully saturated rings. The number of Topliss-reactive ketones (excluding diaryl/α,β-unsaturated/α-hetero) is 1. The van der Waals surface area contributed by atoms with E-state index < -0.39 is 6.10 Å². The summed E-state index contributed by atoms with van der Waals surface area (Å²) in [5.41, 5.74) is 1.59. The molecule has 0 bridgehead atoms. The Hall–Kier alpha value is -1.71. The van der Waals surface area contributed by atoms with Crippen LogP contribution in [0.15, 0.2) is 36.4 Å². The molecule has 2 aromatic carbocycles. The highest BCUT2D eigenvalue weighted by atomic mass is 16.3. The Kier molecular flexibility index (Phi) is 7.80. The van der Waals surface area contributed by atoms with Gasteiger partial charge in [0, 0.05) is 18.0 Å². The molecule has 0 saturated carbocycles. The Bertz CT molecular complexity index is 721. The predicted octanol–water partition coefficient (Wildman–Crippen LogP) is 5.22. The maximum absolute atomic E-state index is 13.1. The number of likely N-dealkylation sites (tertiary alicyclic amines) is 1. The number of nitrogens with zero attached hydrogens (tertiary/aromatic N) is 1. The van der Waals surface area contributed by atoms with Gasteiger partial charge in [-0.3, -0.25) is 4.79 Å².